The van der Waals surface area contributed by atoms with Crippen LogP contribution in [0.5, 0.6) is 0 Å². The third-order valence-electron chi connectivity index (χ3n) is 4.07. The third-order valence-corrected chi connectivity index (χ3v) is 4.79. The fourth-order valence-electron chi connectivity index (χ4n) is 2.87. The van der Waals surface area contributed by atoms with Gasteiger partial charge in [0.1, 0.15) is 0 Å². The van der Waals surface area contributed by atoms with Crippen LogP contribution in [0.1, 0.15) is 36.5 Å². The Balaban J connectivity index is 2.18. The summed E-state index contributed by atoms with van der Waals surface area (Å²) in [6.45, 7) is 2.71. The van der Waals surface area contributed by atoms with Crippen molar-refractivity contribution in [2.24, 2.45) is 5.41 Å². The number of nitrogens with two attached hydrogens (primary N) is 1. The van der Waals surface area contributed by atoms with Crippen LogP contribution in [0.25, 0.3) is 0 Å². The first-order valence-electron chi connectivity index (χ1n) is 6.97. The Morgan fingerprint density at radius 2 is 2.19 bits per heavy atom. The van der Waals surface area contributed by atoms with Crippen molar-refractivity contribution in [1.82, 2.24) is 4.90 Å². The highest BCUT2D eigenvalue weighted by Crippen LogP contribution is 2.36. The molecule has 0 saturated carbocycles. The molecule has 5 nitrogen and oxygen atoms in total. The van der Waals surface area contributed by atoms with E-state index in [-0.39, 0.29) is 12.5 Å². The second kappa shape index (κ2) is 6.05. The van der Waals surface area contributed by atoms with E-state index in [1.165, 1.54) is 0 Å². The molecule has 1 aliphatic rings. The van der Waals surface area contributed by atoms with E-state index in [2.05, 4.69) is 15.9 Å². The Hall–Kier alpha value is -1.56. The Morgan fingerprint density at radius 1 is 1.48 bits per heavy atom. The van der Waals surface area contributed by atoms with Gasteiger partial charge in [-0.05, 0) is 47.0 Å². The first-order valence-corrected chi connectivity index (χ1v) is 7.76. The molecule has 1 aromatic rings. The lowest BCUT2D eigenvalue weighted by molar-refractivity contribution is -0.148. The van der Waals surface area contributed by atoms with Gasteiger partial charge in [-0.25, -0.2) is 0 Å². The minimum absolute atomic E-state index is 0.159. The molecule has 3 N–H and O–H groups in total. The van der Waals surface area contributed by atoms with Gasteiger partial charge in [-0.3, -0.25) is 9.59 Å². The molecule has 21 heavy (non-hydrogen) atoms. The fourth-order valence-corrected chi connectivity index (χ4v) is 3.12. The van der Waals surface area contributed by atoms with E-state index in [1.807, 2.05) is 6.92 Å². The number of nitrogen functional groups attached to an aromatic ring is 1. The topological polar surface area (TPSA) is 83.6 Å². The maximum atomic E-state index is 12.5. The van der Waals surface area contributed by atoms with E-state index in [0.29, 0.717) is 30.6 Å². The number of anilines is 1. The molecule has 0 bridgehead atoms. The molecule has 1 unspecified atom stereocenters. The molecule has 1 aromatic carbocycles. The Kier molecular flexibility index (Phi) is 4.56. The molecule has 114 valence electrons. The average molecular weight is 355 g/mol. The standard InChI is InChI=1S/C15H19BrN2O3/c1-2-5-15(14(20)21)6-7-18(9-15)13(19)10-3-4-11(16)12(17)8-10/h3-4,8H,2,5-7,9,17H2,1H3,(H,20,21). The summed E-state index contributed by atoms with van der Waals surface area (Å²) < 4.78 is 0.742. The number of likely N-dealkylation sites (tertiary alicyclic amines) is 1. The molecule has 2 rings (SSSR count). The number of amides is 1. The first kappa shape index (κ1) is 15.8. The van der Waals surface area contributed by atoms with Crippen LogP contribution in [0, 0.1) is 5.41 Å². The van der Waals surface area contributed by atoms with Gasteiger partial charge in [0.25, 0.3) is 5.91 Å². The summed E-state index contributed by atoms with van der Waals surface area (Å²) in [5.74, 6) is -0.969. The van der Waals surface area contributed by atoms with Crippen molar-refractivity contribution in [2.45, 2.75) is 26.2 Å². The molecule has 1 heterocycles. The van der Waals surface area contributed by atoms with E-state index in [1.54, 1.807) is 23.1 Å². The summed E-state index contributed by atoms with van der Waals surface area (Å²) in [6, 6.07) is 5.05. The lowest BCUT2D eigenvalue weighted by Crippen LogP contribution is -2.36. The van der Waals surface area contributed by atoms with Crippen molar-refractivity contribution in [3.63, 3.8) is 0 Å². The summed E-state index contributed by atoms with van der Waals surface area (Å²) in [5.41, 5.74) is 5.99. The van der Waals surface area contributed by atoms with Gasteiger partial charge < -0.3 is 15.7 Å². The molecule has 6 heteroatoms. The molecule has 1 amide bonds. The van der Waals surface area contributed by atoms with Crippen LogP contribution < -0.4 is 5.73 Å². The van der Waals surface area contributed by atoms with E-state index in [9.17, 15) is 14.7 Å². The number of carboxylic acid groups (broad SMARTS) is 1. The number of rotatable bonds is 4. The smallest absolute Gasteiger partial charge is 0.311 e. The predicted molar refractivity (Wildman–Crippen MR) is 84.1 cm³/mol. The number of hydrogen-bond acceptors (Lipinski definition) is 3. The summed E-state index contributed by atoms with van der Waals surface area (Å²) in [7, 11) is 0. The van der Waals surface area contributed by atoms with Crippen molar-refractivity contribution in [3.05, 3.63) is 28.2 Å². The first-order chi connectivity index (χ1) is 9.89. The Bertz CT molecular complexity index is 576. The molecule has 1 saturated heterocycles. The van der Waals surface area contributed by atoms with Crippen molar-refractivity contribution in [2.75, 3.05) is 18.8 Å². The minimum atomic E-state index is -0.810. The van der Waals surface area contributed by atoms with Crippen LogP contribution in [-0.4, -0.2) is 35.0 Å². The van der Waals surface area contributed by atoms with Crippen molar-refractivity contribution < 1.29 is 14.7 Å². The molecule has 1 aliphatic heterocycles. The zero-order chi connectivity index (χ0) is 15.6. The number of halogens is 1. The number of nitrogens with zero attached hydrogens (tertiary/aromatic N) is 1. The molecule has 1 atom stereocenters. The molecule has 1 fully saturated rings. The molecular weight excluding hydrogens is 336 g/mol. The number of carboxylic acids is 1. The Morgan fingerprint density at radius 3 is 2.76 bits per heavy atom. The number of benzene rings is 1. The average Bonchev–Trinajstić information content (AvgIpc) is 2.87. The minimum Gasteiger partial charge on any atom is -0.481 e. The number of carbonyl (C=O) groups excluding carboxylic acids is 1. The van der Waals surface area contributed by atoms with Gasteiger partial charge in [0, 0.05) is 28.8 Å². The van der Waals surface area contributed by atoms with Gasteiger partial charge in [0.15, 0.2) is 0 Å². The highest BCUT2D eigenvalue weighted by Gasteiger charge is 2.45. The number of aliphatic carboxylic acids is 1. The normalized spacial score (nSPS) is 21.5. The highest BCUT2D eigenvalue weighted by atomic mass is 79.9. The van der Waals surface area contributed by atoms with Crippen molar-refractivity contribution in [3.8, 4) is 0 Å². The number of carbonyl (C=O) groups is 2. The van der Waals surface area contributed by atoms with Gasteiger partial charge >= 0.3 is 5.97 Å². The molecule has 0 aliphatic carbocycles. The summed E-state index contributed by atoms with van der Waals surface area (Å²) in [5, 5.41) is 9.48. The fraction of sp³-hybridized carbons (Fsp3) is 0.467. The maximum absolute atomic E-state index is 12.5. The lowest BCUT2D eigenvalue weighted by atomic mass is 9.83. The second-order valence-corrected chi connectivity index (χ2v) is 6.40. The van der Waals surface area contributed by atoms with Crippen LogP contribution in [0.3, 0.4) is 0 Å². The monoisotopic (exact) mass is 354 g/mol. The summed E-state index contributed by atoms with van der Waals surface area (Å²) >= 11 is 3.29. The van der Waals surface area contributed by atoms with Gasteiger partial charge in [0.2, 0.25) is 0 Å². The van der Waals surface area contributed by atoms with Crippen LogP contribution in [0.2, 0.25) is 0 Å². The van der Waals surface area contributed by atoms with Crippen molar-refractivity contribution >= 4 is 33.5 Å². The predicted octanol–water partition coefficient (Wildman–Crippen LogP) is 2.75. The van der Waals surface area contributed by atoms with Crippen molar-refractivity contribution in [1.29, 1.82) is 0 Å². The molecule has 0 spiro atoms. The van der Waals surface area contributed by atoms with E-state index in [0.717, 1.165) is 10.9 Å². The number of hydrogen-bond donors (Lipinski definition) is 2. The van der Waals surface area contributed by atoms with E-state index >= 15 is 0 Å². The van der Waals surface area contributed by atoms with Crippen LogP contribution in [0.4, 0.5) is 5.69 Å². The molecule has 0 aromatic heterocycles. The molecule has 0 radical (unpaired) electrons. The zero-order valence-corrected chi connectivity index (χ0v) is 13.5. The SMILES string of the molecule is CCCC1(C(=O)O)CCN(C(=O)c2ccc(Br)c(N)c2)C1. The second-order valence-electron chi connectivity index (χ2n) is 5.55. The van der Waals surface area contributed by atoms with Gasteiger partial charge in [-0.2, -0.15) is 0 Å². The zero-order valence-electron chi connectivity index (χ0n) is 11.9. The van der Waals surface area contributed by atoms with Crippen LogP contribution in [0.15, 0.2) is 22.7 Å². The third kappa shape index (κ3) is 3.05. The Labute approximate surface area is 132 Å². The van der Waals surface area contributed by atoms with Gasteiger partial charge in [-0.1, -0.05) is 13.3 Å². The van der Waals surface area contributed by atoms with E-state index < -0.39 is 11.4 Å². The largest absolute Gasteiger partial charge is 0.481 e. The molecular formula is C15H19BrN2O3. The summed E-state index contributed by atoms with van der Waals surface area (Å²) in [4.78, 5) is 25.7. The van der Waals surface area contributed by atoms with Gasteiger partial charge in [-0.15, -0.1) is 0 Å². The van der Waals surface area contributed by atoms with Gasteiger partial charge in [0.05, 0.1) is 5.41 Å². The lowest BCUT2D eigenvalue weighted by Gasteiger charge is -2.24. The van der Waals surface area contributed by atoms with Crippen LogP contribution >= 0.6 is 15.9 Å². The highest BCUT2D eigenvalue weighted by molar-refractivity contribution is 9.10. The summed E-state index contributed by atoms with van der Waals surface area (Å²) in [6.07, 6.45) is 1.89. The van der Waals surface area contributed by atoms with Crippen LogP contribution in [-0.2, 0) is 4.79 Å². The van der Waals surface area contributed by atoms with E-state index in [4.69, 9.17) is 5.73 Å². The maximum Gasteiger partial charge on any atom is 0.311 e. The quantitative estimate of drug-likeness (QED) is 0.814.